The normalized spacial score (nSPS) is 19.5. The Balaban J connectivity index is 1.27. The number of rotatable bonds is 9. The minimum absolute atomic E-state index is 0.0661. The SMILES string of the molecule is Cn1nc(C(F)(F)F)cc1NNC(=S)NC1CCc2sc(NC(=O)C3CC3)c(S(=O)(=O)NCC3CC3)c2C1. The van der Waals surface area contributed by atoms with Crippen LogP contribution in [0.15, 0.2) is 11.0 Å². The van der Waals surface area contributed by atoms with E-state index in [1.54, 1.807) is 0 Å². The summed E-state index contributed by atoms with van der Waals surface area (Å²) in [5, 5.41) is 9.90. The van der Waals surface area contributed by atoms with Gasteiger partial charge in [-0.1, -0.05) is 0 Å². The van der Waals surface area contributed by atoms with Crippen LogP contribution in [0.2, 0.25) is 0 Å². The largest absolute Gasteiger partial charge is 0.435 e. The van der Waals surface area contributed by atoms with E-state index in [4.69, 9.17) is 12.2 Å². The fraction of sp³-hybridized carbons (Fsp3) is 0.591. The van der Waals surface area contributed by atoms with Crippen LogP contribution >= 0.6 is 23.6 Å². The molecule has 16 heteroatoms. The molecule has 0 saturated heterocycles. The van der Waals surface area contributed by atoms with E-state index in [9.17, 15) is 26.4 Å². The van der Waals surface area contributed by atoms with Crippen molar-refractivity contribution in [2.45, 2.75) is 62.1 Å². The zero-order valence-corrected chi connectivity index (χ0v) is 22.9. The first kappa shape index (κ1) is 27.1. The predicted octanol–water partition coefficient (Wildman–Crippen LogP) is 2.89. The average Bonchev–Trinajstić information content (AvgIpc) is 3.76. The molecule has 208 valence electrons. The van der Waals surface area contributed by atoms with Crippen molar-refractivity contribution in [1.82, 2.24) is 25.2 Å². The van der Waals surface area contributed by atoms with Gasteiger partial charge in [0, 0.05) is 36.5 Å². The van der Waals surface area contributed by atoms with Crippen LogP contribution in [0.5, 0.6) is 0 Å². The molecule has 38 heavy (non-hydrogen) atoms. The van der Waals surface area contributed by atoms with Crippen molar-refractivity contribution in [2.24, 2.45) is 18.9 Å². The van der Waals surface area contributed by atoms with Crippen LogP contribution in [-0.2, 0) is 40.9 Å². The van der Waals surface area contributed by atoms with Gasteiger partial charge in [0.05, 0.1) is 0 Å². The second kappa shape index (κ2) is 10.3. The Kier molecular flexibility index (Phi) is 7.34. The molecule has 2 fully saturated rings. The average molecular weight is 592 g/mol. The van der Waals surface area contributed by atoms with Crippen molar-refractivity contribution >= 4 is 55.4 Å². The quantitative estimate of drug-likeness (QED) is 0.223. The number of thiophene rings is 1. The number of aryl methyl sites for hydroxylation is 2. The summed E-state index contributed by atoms with van der Waals surface area (Å²) < 4.78 is 69.2. The fourth-order valence-corrected chi connectivity index (χ4v) is 7.60. The van der Waals surface area contributed by atoms with E-state index in [0.717, 1.165) is 41.3 Å². The molecular weight excluding hydrogens is 563 g/mol. The maximum Gasteiger partial charge on any atom is 0.435 e. The number of sulfonamides is 1. The summed E-state index contributed by atoms with van der Waals surface area (Å²) in [4.78, 5) is 13.5. The Labute approximate surface area is 227 Å². The first-order chi connectivity index (χ1) is 17.9. The smallest absolute Gasteiger partial charge is 0.358 e. The van der Waals surface area contributed by atoms with Crippen LogP contribution in [-0.4, -0.2) is 41.8 Å². The lowest BCUT2D eigenvalue weighted by Crippen LogP contribution is -2.46. The van der Waals surface area contributed by atoms with Crippen LogP contribution in [0, 0.1) is 11.8 Å². The number of hydrogen-bond acceptors (Lipinski definition) is 7. The Morgan fingerprint density at radius 2 is 1.97 bits per heavy atom. The van der Waals surface area contributed by atoms with Crippen LogP contribution < -0.4 is 26.2 Å². The summed E-state index contributed by atoms with van der Waals surface area (Å²) in [7, 11) is -2.48. The summed E-state index contributed by atoms with van der Waals surface area (Å²) >= 11 is 6.62. The van der Waals surface area contributed by atoms with Crippen LogP contribution in [0.3, 0.4) is 0 Å². The molecule has 2 saturated carbocycles. The van der Waals surface area contributed by atoms with E-state index in [1.165, 1.54) is 18.4 Å². The highest BCUT2D eigenvalue weighted by Gasteiger charge is 2.37. The number of carbonyl (C=O) groups excluding carboxylic acids is 1. The zero-order valence-electron chi connectivity index (χ0n) is 20.4. The third kappa shape index (κ3) is 6.24. The molecule has 1 amide bonds. The van der Waals surface area contributed by atoms with Gasteiger partial charge in [-0.2, -0.15) is 18.3 Å². The Morgan fingerprint density at radius 3 is 2.61 bits per heavy atom. The third-order valence-electron chi connectivity index (χ3n) is 6.73. The molecule has 2 aromatic heterocycles. The predicted molar refractivity (Wildman–Crippen MR) is 140 cm³/mol. The lowest BCUT2D eigenvalue weighted by Gasteiger charge is -2.25. The van der Waals surface area contributed by atoms with Crippen molar-refractivity contribution in [3.63, 3.8) is 0 Å². The van der Waals surface area contributed by atoms with Gasteiger partial charge in [-0.15, -0.1) is 11.3 Å². The van der Waals surface area contributed by atoms with Gasteiger partial charge < -0.3 is 10.6 Å². The van der Waals surface area contributed by atoms with Crippen molar-refractivity contribution in [3.05, 3.63) is 22.2 Å². The first-order valence-corrected chi connectivity index (χ1v) is 15.0. The Morgan fingerprint density at radius 1 is 1.24 bits per heavy atom. The van der Waals surface area contributed by atoms with Gasteiger partial charge in [0.15, 0.2) is 10.8 Å². The van der Waals surface area contributed by atoms with E-state index in [-0.39, 0.29) is 33.7 Å². The highest BCUT2D eigenvalue weighted by atomic mass is 32.2. The summed E-state index contributed by atoms with van der Waals surface area (Å²) in [6.45, 7) is 0.369. The highest BCUT2D eigenvalue weighted by molar-refractivity contribution is 7.90. The second-order valence-corrected chi connectivity index (χ2v) is 13.1. The van der Waals surface area contributed by atoms with Crippen molar-refractivity contribution in [1.29, 1.82) is 0 Å². The summed E-state index contributed by atoms with van der Waals surface area (Å²) in [6, 6.07) is 0.637. The number of anilines is 2. The maximum atomic E-state index is 13.4. The van der Waals surface area contributed by atoms with Gasteiger partial charge in [-0.25, -0.2) is 13.1 Å². The monoisotopic (exact) mass is 591 g/mol. The minimum atomic E-state index is -4.57. The van der Waals surface area contributed by atoms with Gasteiger partial charge in [0.2, 0.25) is 15.9 Å². The van der Waals surface area contributed by atoms with Crippen LogP contribution in [0.25, 0.3) is 0 Å². The van der Waals surface area contributed by atoms with Crippen molar-refractivity contribution in [2.75, 3.05) is 17.3 Å². The second-order valence-electron chi connectivity index (χ2n) is 9.92. The molecule has 0 spiro atoms. The van der Waals surface area contributed by atoms with E-state index < -0.39 is 21.9 Å². The molecule has 10 nitrogen and oxygen atoms in total. The molecule has 3 aliphatic carbocycles. The summed E-state index contributed by atoms with van der Waals surface area (Å²) in [5.41, 5.74) is 4.91. The molecule has 1 unspecified atom stereocenters. The van der Waals surface area contributed by atoms with Crippen molar-refractivity contribution < 1.29 is 26.4 Å². The van der Waals surface area contributed by atoms with Gasteiger partial charge in [0.1, 0.15) is 15.7 Å². The Bertz CT molecular complexity index is 1350. The molecule has 0 radical (unpaired) electrons. The van der Waals surface area contributed by atoms with Crippen molar-refractivity contribution in [3.8, 4) is 0 Å². The van der Waals surface area contributed by atoms with Gasteiger partial charge in [-0.3, -0.25) is 20.3 Å². The molecular formula is C22H28F3N7O3S3. The van der Waals surface area contributed by atoms with Gasteiger partial charge in [-0.05, 0) is 68.6 Å². The molecule has 0 bridgehead atoms. The van der Waals surface area contributed by atoms with Gasteiger partial charge in [0.25, 0.3) is 0 Å². The molecule has 1 atom stereocenters. The number of thiocarbonyl (C=S) groups is 1. The van der Waals surface area contributed by atoms with Gasteiger partial charge >= 0.3 is 6.18 Å². The number of nitrogens with one attached hydrogen (secondary N) is 5. The fourth-order valence-electron chi connectivity index (χ4n) is 4.29. The standard InChI is InChI=1S/C22H28F3N7O3S3/c1-32-17(9-16(31-32)22(23,24)25)29-30-21(36)27-13-6-7-15-14(8-13)18(38(34,35)26-10-11-2-3-11)20(37-15)28-19(33)12-4-5-12/h9,11-13,26,29H,2-8,10H2,1H3,(H,28,33)(H2,27,30,36). The molecule has 5 N–H and O–H groups in total. The third-order valence-corrected chi connectivity index (χ3v) is 9.83. The zero-order chi connectivity index (χ0) is 27.2. The number of hydrazine groups is 1. The first-order valence-electron chi connectivity index (χ1n) is 12.3. The lowest BCUT2D eigenvalue weighted by molar-refractivity contribution is -0.141. The van der Waals surface area contributed by atoms with E-state index >= 15 is 0 Å². The summed E-state index contributed by atoms with van der Waals surface area (Å²) in [5.74, 6) is 0.190. The number of aromatic nitrogens is 2. The maximum absolute atomic E-state index is 13.4. The number of carbonyl (C=O) groups is 1. The lowest BCUT2D eigenvalue weighted by atomic mass is 9.94. The van der Waals surface area contributed by atoms with E-state index in [2.05, 4.69) is 31.3 Å². The molecule has 2 heterocycles. The molecule has 5 rings (SSSR count). The van der Waals surface area contributed by atoms with Crippen LogP contribution in [0.1, 0.15) is 48.2 Å². The highest BCUT2D eigenvalue weighted by Crippen LogP contribution is 2.42. The van der Waals surface area contributed by atoms with E-state index in [0.29, 0.717) is 42.3 Å². The number of halogens is 3. The summed E-state index contributed by atoms with van der Waals surface area (Å²) in [6.07, 6.45) is 0.640. The molecule has 3 aliphatic rings. The Hall–Kier alpha value is -2.43. The number of alkyl halides is 3. The molecule has 2 aromatic rings. The molecule has 0 aliphatic heterocycles. The van der Waals surface area contributed by atoms with E-state index in [1.807, 2.05) is 0 Å². The number of hydrogen-bond donors (Lipinski definition) is 5. The number of nitrogens with zero attached hydrogens (tertiary/aromatic N) is 2. The minimum Gasteiger partial charge on any atom is -0.358 e. The molecule has 0 aromatic carbocycles. The number of fused-ring (bicyclic) bond motifs is 1. The number of amides is 1. The van der Waals surface area contributed by atoms with Crippen LogP contribution in [0.4, 0.5) is 24.0 Å². The topological polar surface area (TPSA) is 129 Å².